The van der Waals surface area contributed by atoms with E-state index in [2.05, 4.69) is 9.97 Å². The van der Waals surface area contributed by atoms with Crippen molar-refractivity contribution in [3.63, 3.8) is 0 Å². The zero-order valence-corrected chi connectivity index (χ0v) is 9.88. The highest BCUT2D eigenvalue weighted by molar-refractivity contribution is 6.09. The third-order valence-corrected chi connectivity index (χ3v) is 2.99. The molecule has 0 aliphatic carbocycles. The monoisotopic (exact) mass is 274 g/mol. The van der Waals surface area contributed by atoms with Crippen molar-refractivity contribution in [2.75, 3.05) is 5.73 Å². The lowest BCUT2D eigenvalue weighted by Gasteiger charge is -2.04. The van der Waals surface area contributed by atoms with Gasteiger partial charge in [0.1, 0.15) is 0 Å². The van der Waals surface area contributed by atoms with E-state index in [1.54, 1.807) is 0 Å². The van der Waals surface area contributed by atoms with Gasteiger partial charge in [-0.1, -0.05) is 6.07 Å². The van der Waals surface area contributed by atoms with Crippen molar-refractivity contribution in [1.29, 1.82) is 0 Å². The Kier molecular flexibility index (Phi) is 2.40. The standard InChI is InChI=1S/C12H7FN4O3/c13-7-3-1-5-6(10(7)17(19)20)2-4-8-9(5)11(18)16-12(14)15-8/h1-4H,(H3,14,15,16,18). The number of fused-ring (bicyclic) bond motifs is 3. The fourth-order valence-corrected chi connectivity index (χ4v) is 2.21. The van der Waals surface area contributed by atoms with Crippen molar-refractivity contribution >= 4 is 33.3 Å². The number of anilines is 1. The number of nitro groups is 1. The Hall–Kier alpha value is -3.03. The number of aromatic amines is 1. The molecule has 0 radical (unpaired) electrons. The van der Waals surface area contributed by atoms with Gasteiger partial charge in [-0.3, -0.25) is 19.9 Å². The summed E-state index contributed by atoms with van der Waals surface area (Å²) in [5.41, 5.74) is 4.53. The zero-order valence-electron chi connectivity index (χ0n) is 9.88. The van der Waals surface area contributed by atoms with Crippen LogP contribution in [0.1, 0.15) is 0 Å². The first kappa shape index (κ1) is 12.0. The SMILES string of the molecule is Nc1nc2ccc3c([N+](=O)[O-])c(F)ccc3c2c(=O)[nH]1. The molecule has 0 aliphatic heterocycles. The van der Waals surface area contributed by atoms with E-state index >= 15 is 0 Å². The lowest BCUT2D eigenvalue weighted by atomic mass is 10.0. The quantitative estimate of drug-likeness (QED) is 0.398. The average molecular weight is 274 g/mol. The van der Waals surface area contributed by atoms with Crippen LogP contribution in [0, 0.1) is 15.9 Å². The number of nitrogens with two attached hydrogens (primary N) is 1. The van der Waals surface area contributed by atoms with E-state index in [0.29, 0.717) is 5.52 Å². The molecule has 1 heterocycles. The molecule has 100 valence electrons. The van der Waals surface area contributed by atoms with E-state index < -0.39 is 22.0 Å². The van der Waals surface area contributed by atoms with E-state index in [1.165, 1.54) is 18.2 Å². The number of hydrogen-bond acceptors (Lipinski definition) is 5. The van der Waals surface area contributed by atoms with Crippen molar-refractivity contribution in [2.24, 2.45) is 0 Å². The van der Waals surface area contributed by atoms with Crippen LogP contribution in [0.3, 0.4) is 0 Å². The Balaban J connectivity index is 2.60. The molecule has 0 saturated heterocycles. The molecule has 20 heavy (non-hydrogen) atoms. The van der Waals surface area contributed by atoms with Gasteiger partial charge in [-0.2, -0.15) is 4.39 Å². The lowest BCUT2D eigenvalue weighted by molar-refractivity contribution is -0.385. The molecule has 0 fully saturated rings. The van der Waals surface area contributed by atoms with Crippen LogP contribution in [0.25, 0.3) is 21.7 Å². The number of H-pyrrole nitrogens is 1. The number of hydrogen-bond donors (Lipinski definition) is 2. The molecule has 0 saturated carbocycles. The molecular formula is C12H7FN4O3. The van der Waals surface area contributed by atoms with Crippen molar-refractivity contribution in [3.05, 3.63) is 50.6 Å². The highest BCUT2D eigenvalue weighted by atomic mass is 19.1. The van der Waals surface area contributed by atoms with Crippen LogP contribution in [0.2, 0.25) is 0 Å². The van der Waals surface area contributed by atoms with E-state index in [-0.39, 0.29) is 22.1 Å². The average Bonchev–Trinajstić information content (AvgIpc) is 2.37. The molecule has 8 heteroatoms. The van der Waals surface area contributed by atoms with Crippen molar-refractivity contribution in [2.45, 2.75) is 0 Å². The van der Waals surface area contributed by atoms with Gasteiger partial charge in [0.2, 0.25) is 11.8 Å². The number of halogens is 1. The first-order valence-electron chi connectivity index (χ1n) is 5.54. The van der Waals surface area contributed by atoms with Gasteiger partial charge >= 0.3 is 5.69 Å². The molecule has 3 aromatic rings. The first-order chi connectivity index (χ1) is 9.49. The van der Waals surface area contributed by atoms with Gasteiger partial charge in [0, 0.05) is 5.39 Å². The molecule has 0 spiro atoms. The number of rotatable bonds is 1. The number of benzene rings is 2. The minimum Gasteiger partial charge on any atom is -0.369 e. The predicted molar refractivity (Wildman–Crippen MR) is 70.9 cm³/mol. The zero-order chi connectivity index (χ0) is 14.4. The third kappa shape index (κ3) is 1.58. The second-order valence-electron chi connectivity index (χ2n) is 4.16. The second kappa shape index (κ2) is 3.98. The van der Waals surface area contributed by atoms with Gasteiger partial charge in [-0.25, -0.2) is 4.98 Å². The first-order valence-corrected chi connectivity index (χ1v) is 5.54. The van der Waals surface area contributed by atoms with E-state index in [0.717, 1.165) is 6.07 Å². The van der Waals surface area contributed by atoms with Crippen LogP contribution in [0.15, 0.2) is 29.1 Å². The second-order valence-corrected chi connectivity index (χ2v) is 4.16. The highest BCUT2D eigenvalue weighted by Gasteiger charge is 2.20. The van der Waals surface area contributed by atoms with Gasteiger partial charge in [-0.05, 0) is 18.2 Å². The van der Waals surface area contributed by atoms with Gasteiger partial charge in [0.25, 0.3) is 5.56 Å². The number of nitro benzene ring substituents is 1. The normalized spacial score (nSPS) is 11.1. The van der Waals surface area contributed by atoms with Crippen molar-refractivity contribution < 1.29 is 9.31 Å². The summed E-state index contributed by atoms with van der Waals surface area (Å²) in [6.45, 7) is 0. The topological polar surface area (TPSA) is 115 Å². The summed E-state index contributed by atoms with van der Waals surface area (Å²) in [4.78, 5) is 28.3. The molecule has 0 unspecified atom stereocenters. The molecule has 0 bridgehead atoms. The van der Waals surface area contributed by atoms with Crippen LogP contribution >= 0.6 is 0 Å². The summed E-state index contributed by atoms with van der Waals surface area (Å²) in [6, 6.07) is 5.02. The number of nitrogens with one attached hydrogen (secondary N) is 1. The summed E-state index contributed by atoms with van der Waals surface area (Å²) in [6.07, 6.45) is 0. The largest absolute Gasteiger partial charge is 0.369 e. The van der Waals surface area contributed by atoms with Gasteiger partial charge in [0.05, 0.1) is 21.2 Å². The summed E-state index contributed by atoms with van der Waals surface area (Å²) in [5.74, 6) is -1.01. The van der Waals surface area contributed by atoms with Gasteiger partial charge in [-0.15, -0.1) is 0 Å². The summed E-state index contributed by atoms with van der Waals surface area (Å²) in [7, 11) is 0. The van der Waals surface area contributed by atoms with Crippen LogP contribution in [0.5, 0.6) is 0 Å². The maximum atomic E-state index is 13.6. The Labute approximate surface area is 110 Å². The number of nitrogens with zero attached hydrogens (tertiary/aromatic N) is 2. The fourth-order valence-electron chi connectivity index (χ4n) is 2.21. The van der Waals surface area contributed by atoms with Crippen LogP contribution in [0.4, 0.5) is 16.0 Å². The van der Waals surface area contributed by atoms with Crippen molar-refractivity contribution in [3.8, 4) is 0 Å². The van der Waals surface area contributed by atoms with Crippen LogP contribution < -0.4 is 11.3 Å². The summed E-state index contributed by atoms with van der Waals surface area (Å²) < 4.78 is 13.6. The smallest absolute Gasteiger partial charge is 0.312 e. The Morgan fingerprint density at radius 1 is 1.25 bits per heavy atom. The summed E-state index contributed by atoms with van der Waals surface area (Å²) >= 11 is 0. The Morgan fingerprint density at radius 2 is 1.95 bits per heavy atom. The van der Waals surface area contributed by atoms with Gasteiger partial charge < -0.3 is 5.73 Å². The Morgan fingerprint density at radius 3 is 2.65 bits per heavy atom. The van der Waals surface area contributed by atoms with Crippen LogP contribution in [-0.2, 0) is 0 Å². The molecule has 3 rings (SSSR count). The molecule has 0 amide bonds. The van der Waals surface area contributed by atoms with E-state index in [9.17, 15) is 19.3 Å². The number of aromatic nitrogens is 2. The van der Waals surface area contributed by atoms with Gasteiger partial charge in [0.15, 0.2) is 0 Å². The minimum absolute atomic E-state index is 0.0413. The molecule has 3 N–H and O–H groups in total. The Bertz CT molecular complexity index is 935. The molecule has 0 atom stereocenters. The lowest BCUT2D eigenvalue weighted by Crippen LogP contribution is -2.11. The van der Waals surface area contributed by atoms with E-state index in [4.69, 9.17) is 5.73 Å². The highest BCUT2D eigenvalue weighted by Crippen LogP contribution is 2.31. The molecular weight excluding hydrogens is 267 g/mol. The third-order valence-electron chi connectivity index (χ3n) is 2.99. The van der Waals surface area contributed by atoms with Crippen molar-refractivity contribution in [1.82, 2.24) is 9.97 Å². The molecule has 1 aromatic heterocycles. The van der Waals surface area contributed by atoms with E-state index in [1.807, 2.05) is 0 Å². The number of nitrogen functional groups attached to an aromatic ring is 1. The molecule has 0 aliphatic rings. The fraction of sp³-hybridized carbons (Fsp3) is 0. The maximum absolute atomic E-state index is 13.6. The minimum atomic E-state index is -0.957. The molecule has 2 aromatic carbocycles. The van der Waals surface area contributed by atoms with Crippen LogP contribution in [-0.4, -0.2) is 14.9 Å². The predicted octanol–water partition coefficient (Wildman–Crippen LogP) is 1.71. The molecule has 7 nitrogen and oxygen atoms in total. The maximum Gasteiger partial charge on any atom is 0.312 e. The summed E-state index contributed by atoms with van der Waals surface area (Å²) in [5, 5.41) is 11.4.